The Morgan fingerprint density at radius 3 is 2.50 bits per heavy atom. The highest BCUT2D eigenvalue weighted by Crippen LogP contribution is 2.28. The van der Waals surface area contributed by atoms with Crippen LogP contribution in [0.1, 0.15) is 5.56 Å². The molecule has 94 valence electrons. The Morgan fingerprint density at radius 2 is 1.89 bits per heavy atom. The molecule has 2 aromatic rings. The van der Waals surface area contributed by atoms with Crippen molar-refractivity contribution in [3.8, 4) is 11.5 Å². The maximum atomic E-state index is 13.3. The summed E-state index contributed by atoms with van der Waals surface area (Å²) in [6.45, 7) is -0.190. The number of rotatable bonds is 3. The molecule has 2 aromatic carbocycles. The predicted molar refractivity (Wildman–Crippen MR) is 63.8 cm³/mol. The third-order valence-electron chi connectivity index (χ3n) is 2.32. The second-order valence-electron chi connectivity index (χ2n) is 3.59. The highest BCUT2D eigenvalue weighted by Gasteiger charge is 2.07. The Bertz CT molecular complexity index is 573. The SMILES string of the molecule is OCc1ccc(Oc2ccc(F)cc2F)cc1Cl. The molecule has 0 saturated carbocycles. The Hall–Kier alpha value is -1.65. The number of benzene rings is 2. The monoisotopic (exact) mass is 270 g/mol. The molecule has 0 amide bonds. The summed E-state index contributed by atoms with van der Waals surface area (Å²) in [6, 6.07) is 7.59. The van der Waals surface area contributed by atoms with Gasteiger partial charge in [-0.2, -0.15) is 0 Å². The van der Waals surface area contributed by atoms with Gasteiger partial charge in [-0.15, -0.1) is 0 Å². The molecule has 0 unspecified atom stereocenters. The van der Waals surface area contributed by atoms with Gasteiger partial charge in [-0.05, 0) is 29.8 Å². The van der Waals surface area contributed by atoms with Crippen molar-refractivity contribution in [1.82, 2.24) is 0 Å². The molecular formula is C13H9ClF2O2. The van der Waals surface area contributed by atoms with Crippen molar-refractivity contribution < 1.29 is 18.6 Å². The van der Waals surface area contributed by atoms with Gasteiger partial charge in [0.1, 0.15) is 11.6 Å². The smallest absolute Gasteiger partial charge is 0.168 e. The maximum Gasteiger partial charge on any atom is 0.168 e. The number of aliphatic hydroxyl groups is 1. The Labute approximate surface area is 107 Å². The molecule has 0 saturated heterocycles. The number of hydrogen-bond donors (Lipinski definition) is 1. The lowest BCUT2D eigenvalue weighted by molar-refractivity contribution is 0.282. The molecule has 0 radical (unpaired) electrons. The summed E-state index contributed by atoms with van der Waals surface area (Å²) in [4.78, 5) is 0. The molecule has 1 N–H and O–H groups in total. The van der Waals surface area contributed by atoms with Crippen molar-refractivity contribution in [2.45, 2.75) is 6.61 Å². The van der Waals surface area contributed by atoms with Gasteiger partial charge >= 0.3 is 0 Å². The average Bonchev–Trinajstić information content (AvgIpc) is 2.33. The van der Waals surface area contributed by atoms with Gasteiger partial charge in [-0.1, -0.05) is 17.7 Å². The van der Waals surface area contributed by atoms with Crippen LogP contribution in [0.25, 0.3) is 0 Å². The van der Waals surface area contributed by atoms with E-state index in [9.17, 15) is 8.78 Å². The van der Waals surface area contributed by atoms with Gasteiger partial charge < -0.3 is 9.84 Å². The minimum Gasteiger partial charge on any atom is -0.454 e. The normalized spacial score (nSPS) is 10.4. The predicted octanol–water partition coefficient (Wildman–Crippen LogP) is 3.90. The van der Waals surface area contributed by atoms with Gasteiger partial charge in [-0.3, -0.25) is 0 Å². The highest BCUT2D eigenvalue weighted by molar-refractivity contribution is 6.31. The van der Waals surface area contributed by atoms with Gasteiger partial charge in [0.2, 0.25) is 0 Å². The summed E-state index contributed by atoms with van der Waals surface area (Å²) >= 11 is 5.87. The lowest BCUT2D eigenvalue weighted by Gasteiger charge is -2.08. The summed E-state index contributed by atoms with van der Waals surface area (Å²) in [6.07, 6.45) is 0. The fraction of sp³-hybridized carbons (Fsp3) is 0.0769. The Balaban J connectivity index is 2.26. The molecule has 0 bridgehead atoms. The first-order chi connectivity index (χ1) is 8.60. The Kier molecular flexibility index (Phi) is 3.79. The van der Waals surface area contributed by atoms with E-state index in [2.05, 4.69) is 0 Å². The summed E-state index contributed by atoms with van der Waals surface area (Å²) in [7, 11) is 0. The van der Waals surface area contributed by atoms with Crippen molar-refractivity contribution in [1.29, 1.82) is 0 Å². The van der Waals surface area contributed by atoms with Crippen LogP contribution in [-0.4, -0.2) is 5.11 Å². The number of hydrogen-bond acceptors (Lipinski definition) is 2. The van der Waals surface area contributed by atoms with Crippen LogP contribution in [0, 0.1) is 11.6 Å². The number of aliphatic hydroxyl groups excluding tert-OH is 1. The van der Waals surface area contributed by atoms with Crippen LogP contribution >= 0.6 is 11.6 Å². The van der Waals surface area contributed by atoms with E-state index < -0.39 is 11.6 Å². The van der Waals surface area contributed by atoms with Crippen molar-refractivity contribution in [2.75, 3.05) is 0 Å². The van der Waals surface area contributed by atoms with E-state index in [1.165, 1.54) is 12.1 Å². The molecule has 0 atom stereocenters. The zero-order valence-electron chi connectivity index (χ0n) is 9.16. The van der Waals surface area contributed by atoms with Crippen molar-refractivity contribution in [3.05, 3.63) is 58.6 Å². The molecule has 0 aliphatic rings. The van der Waals surface area contributed by atoms with Gasteiger partial charge in [0.05, 0.1) is 6.61 Å². The molecule has 0 fully saturated rings. The van der Waals surface area contributed by atoms with Gasteiger partial charge in [-0.25, -0.2) is 8.78 Å². The van der Waals surface area contributed by atoms with Crippen LogP contribution in [-0.2, 0) is 6.61 Å². The minimum atomic E-state index is -0.794. The van der Waals surface area contributed by atoms with E-state index in [1.54, 1.807) is 12.1 Å². The molecule has 0 aliphatic carbocycles. The highest BCUT2D eigenvalue weighted by atomic mass is 35.5. The van der Waals surface area contributed by atoms with Crippen molar-refractivity contribution in [2.24, 2.45) is 0 Å². The van der Waals surface area contributed by atoms with Crippen molar-refractivity contribution in [3.63, 3.8) is 0 Å². The van der Waals surface area contributed by atoms with Crippen LogP contribution in [0.15, 0.2) is 36.4 Å². The quantitative estimate of drug-likeness (QED) is 0.916. The maximum absolute atomic E-state index is 13.3. The average molecular weight is 271 g/mol. The van der Waals surface area contributed by atoms with Crippen LogP contribution in [0.5, 0.6) is 11.5 Å². The molecule has 2 rings (SSSR count). The van der Waals surface area contributed by atoms with Crippen LogP contribution in [0.3, 0.4) is 0 Å². The molecule has 0 heterocycles. The first-order valence-corrected chi connectivity index (χ1v) is 5.50. The first kappa shape index (κ1) is 12.8. The van der Waals surface area contributed by atoms with E-state index in [-0.39, 0.29) is 12.4 Å². The van der Waals surface area contributed by atoms with E-state index in [0.29, 0.717) is 16.3 Å². The lowest BCUT2D eigenvalue weighted by atomic mass is 10.2. The lowest BCUT2D eigenvalue weighted by Crippen LogP contribution is -1.91. The third-order valence-corrected chi connectivity index (χ3v) is 2.67. The fourth-order valence-corrected chi connectivity index (χ4v) is 1.63. The van der Waals surface area contributed by atoms with Crippen LogP contribution in [0.2, 0.25) is 5.02 Å². The number of ether oxygens (including phenoxy) is 1. The van der Waals surface area contributed by atoms with Gasteiger partial charge in [0, 0.05) is 11.1 Å². The topological polar surface area (TPSA) is 29.5 Å². The summed E-state index contributed by atoms with van der Waals surface area (Å²) in [5.41, 5.74) is 0.545. The fourth-order valence-electron chi connectivity index (χ4n) is 1.40. The van der Waals surface area contributed by atoms with Crippen LogP contribution in [0.4, 0.5) is 8.78 Å². The molecule has 0 aliphatic heterocycles. The second-order valence-corrected chi connectivity index (χ2v) is 4.00. The molecule has 5 heteroatoms. The standard InChI is InChI=1S/C13H9ClF2O2/c14-11-6-10(3-1-8(11)7-17)18-13-4-2-9(15)5-12(13)16/h1-6,17H,7H2. The summed E-state index contributed by atoms with van der Waals surface area (Å²) < 4.78 is 31.3. The molecule has 0 spiro atoms. The van der Waals surface area contributed by atoms with E-state index in [1.807, 2.05) is 0 Å². The molecule has 2 nitrogen and oxygen atoms in total. The second kappa shape index (κ2) is 5.33. The minimum absolute atomic E-state index is 0.0933. The zero-order chi connectivity index (χ0) is 13.1. The summed E-state index contributed by atoms with van der Waals surface area (Å²) in [5, 5.41) is 9.26. The van der Waals surface area contributed by atoms with E-state index in [4.69, 9.17) is 21.4 Å². The summed E-state index contributed by atoms with van der Waals surface area (Å²) in [5.74, 6) is -1.25. The van der Waals surface area contributed by atoms with E-state index >= 15 is 0 Å². The zero-order valence-corrected chi connectivity index (χ0v) is 9.92. The third kappa shape index (κ3) is 2.78. The largest absolute Gasteiger partial charge is 0.454 e. The first-order valence-electron chi connectivity index (χ1n) is 5.12. The number of halogens is 3. The van der Waals surface area contributed by atoms with E-state index in [0.717, 1.165) is 12.1 Å². The van der Waals surface area contributed by atoms with Gasteiger partial charge in [0.25, 0.3) is 0 Å². The molecule has 18 heavy (non-hydrogen) atoms. The van der Waals surface area contributed by atoms with Crippen molar-refractivity contribution >= 4 is 11.6 Å². The molecular weight excluding hydrogens is 262 g/mol. The van der Waals surface area contributed by atoms with Crippen LogP contribution < -0.4 is 4.74 Å². The molecule has 0 aromatic heterocycles. The van der Waals surface area contributed by atoms with Gasteiger partial charge in [0.15, 0.2) is 11.6 Å². The Morgan fingerprint density at radius 1 is 1.11 bits per heavy atom.